The van der Waals surface area contributed by atoms with E-state index in [4.69, 9.17) is 27.6 Å². The molecule has 1 aromatic carbocycles. The fourth-order valence-corrected chi connectivity index (χ4v) is 2.28. The number of amides is 1. The van der Waals surface area contributed by atoms with Crippen LogP contribution in [0.5, 0.6) is 0 Å². The summed E-state index contributed by atoms with van der Waals surface area (Å²) in [4.78, 5) is 12.1. The lowest BCUT2D eigenvalue weighted by molar-refractivity contribution is 0.0996. The molecule has 3 rings (SSSR count). The molecule has 1 amide bonds. The Morgan fingerprint density at radius 3 is 2.71 bits per heavy atom. The predicted molar refractivity (Wildman–Crippen MR) is 80.2 cm³/mol. The molecule has 0 saturated heterocycles. The Morgan fingerprint density at radius 1 is 1.19 bits per heavy atom. The average molecular weight is 322 g/mol. The molecule has 0 spiro atoms. The van der Waals surface area contributed by atoms with Gasteiger partial charge in [-0.25, -0.2) is 4.68 Å². The van der Waals surface area contributed by atoms with Crippen LogP contribution in [0.15, 0.2) is 53.2 Å². The predicted octanol–water partition coefficient (Wildman–Crippen LogP) is 4.02. The summed E-state index contributed by atoms with van der Waals surface area (Å²) in [6, 6.07) is 9.95. The molecule has 0 unspecified atom stereocenters. The number of aromatic nitrogens is 2. The average Bonchev–Trinajstić information content (AvgIpc) is 3.10. The number of carbonyl (C=O) groups excluding carboxylic acids is 1. The monoisotopic (exact) mass is 321 g/mol. The zero-order valence-corrected chi connectivity index (χ0v) is 12.1. The third-order valence-electron chi connectivity index (χ3n) is 2.77. The van der Waals surface area contributed by atoms with Crippen molar-refractivity contribution in [2.24, 2.45) is 0 Å². The summed E-state index contributed by atoms with van der Waals surface area (Å²) < 4.78 is 6.65. The van der Waals surface area contributed by atoms with Gasteiger partial charge in [0.1, 0.15) is 5.69 Å². The number of nitrogens with zero attached hydrogens (tertiary/aromatic N) is 2. The van der Waals surface area contributed by atoms with E-state index in [9.17, 15) is 4.79 Å². The molecule has 0 aliphatic heterocycles. The Labute approximate surface area is 130 Å². The number of hydrogen-bond donors (Lipinski definition) is 1. The lowest BCUT2D eigenvalue weighted by Crippen LogP contribution is -2.13. The van der Waals surface area contributed by atoms with Crippen LogP contribution < -0.4 is 5.32 Å². The van der Waals surface area contributed by atoms with Gasteiger partial charge in [-0.15, -0.1) is 0 Å². The molecule has 21 heavy (non-hydrogen) atoms. The molecule has 0 radical (unpaired) electrons. The number of furan rings is 1. The number of para-hydroxylation sites is 1. The van der Waals surface area contributed by atoms with Gasteiger partial charge >= 0.3 is 0 Å². The van der Waals surface area contributed by atoms with Crippen LogP contribution in [-0.2, 0) is 0 Å². The topological polar surface area (TPSA) is 60.1 Å². The second-order valence-corrected chi connectivity index (χ2v) is 4.92. The van der Waals surface area contributed by atoms with Crippen LogP contribution in [0.3, 0.4) is 0 Å². The lowest BCUT2D eigenvalue weighted by Gasteiger charge is -2.11. The van der Waals surface area contributed by atoms with E-state index in [0.29, 0.717) is 16.4 Å². The summed E-state index contributed by atoms with van der Waals surface area (Å²) in [6.07, 6.45) is 3.36. The summed E-state index contributed by atoms with van der Waals surface area (Å²) >= 11 is 11.9. The lowest BCUT2D eigenvalue weighted by atomic mass is 10.2. The molecule has 2 aromatic heterocycles. The number of carbonyl (C=O) groups is 1. The Hall–Kier alpha value is -2.24. The standard InChI is InChI=1S/C14H9Cl2N3O2/c15-9-3-1-4-10(13(9)19-8-2-7-17-19)18-14(20)11-5-6-12(16)21-11/h1-8H,(H,18,20). The van der Waals surface area contributed by atoms with Crippen molar-refractivity contribution in [2.75, 3.05) is 5.32 Å². The van der Waals surface area contributed by atoms with Gasteiger partial charge in [0.2, 0.25) is 0 Å². The normalized spacial score (nSPS) is 10.6. The zero-order chi connectivity index (χ0) is 14.8. The van der Waals surface area contributed by atoms with E-state index in [0.717, 1.165) is 0 Å². The molecule has 0 aliphatic carbocycles. The maximum Gasteiger partial charge on any atom is 0.291 e. The zero-order valence-electron chi connectivity index (χ0n) is 10.6. The molecule has 0 fully saturated rings. The van der Waals surface area contributed by atoms with Gasteiger partial charge in [0.25, 0.3) is 5.91 Å². The Morgan fingerprint density at radius 2 is 2.05 bits per heavy atom. The van der Waals surface area contributed by atoms with Crippen LogP contribution in [0.4, 0.5) is 5.69 Å². The Bertz CT molecular complexity index is 781. The van der Waals surface area contributed by atoms with E-state index >= 15 is 0 Å². The molecule has 5 nitrogen and oxygen atoms in total. The van der Waals surface area contributed by atoms with E-state index in [-0.39, 0.29) is 11.0 Å². The smallest absolute Gasteiger partial charge is 0.291 e. The molecule has 0 aliphatic rings. The van der Waals surface area contributed by atoms with Crippen LogP contribution in [0, 0.1) is 0 Å². The highest BCUT2D eigenvalue weighted by Gasteiger charge is 2.15. The van der Waals surface area contributed by atoms with E-state index in [1.807, 2.05) is 0 Å². The second kappa shape index (κ2) is 5.63. The van der Waals surface area contributed by atoms with Crippen molar-refractivity contribution in [3.8, 4) is 5.69 Å². The first-order valence-corrected chi connectivity index (χ1v) is 6.76. The molecule has 0 saturated carbocycles. The van der Waals surface area contributed by atoms with Crippen LogP contribution in [0.2, 0.25) is 10.2 Å². The minimum absolute atomic E-state index is 0.117. The summed E-state index contributed by atoms with van der Waals surface area (Å²) in [5, 5.41) is 7.48. The summed E-state index contributed by atoms with van der Waals surface area (Å²) in [5.41, 5.74) is 1.10. The Balaban J connectivity index is 1.96. The Kier molecular flexibility index (Phi) is 3.68. The first-order chi connectivity index (χ1) is 10.1. The summed E-state index contributed by atoms with van der Waals surface area (Å²) in [7, 11) is 0. The van der Waals surface area contributed by atoms with E-state index in [2.05, 4.69) is 10.4 Å². The van der Waals surface area contributed by atoms with Crippen molar-refractivity contribution in [3.63, 3.8) is 0 Å². The van der Waals surface area contributed by atoms with Crippen molar-refractivity contribution in [2.45, 2.75) is 0 Å². The molecular weight excluding hydrogens is 313 g/mol. The second-order valence-electron chi connectivity index (χ2n) is 4.14. The van der Waals surface area contributed by atoms with Gasteiger partial charge in [-0.05, 0) is 41.9 Å². The van der Waals surface area contributed by atoms with Gasteiger partial charge in [0, 0.05) is 12.4 Å². The minimum Gasteiger partial charge on any atom is -0.440 e. The highest BCUT2D eigenvalue weighted by Crippen LogP contribution is 2.28. The third kappa shape index (κ3) is 2.79. The molecule has 106 valence electrons. The highest BCUT2D eigenvalue weighted by molar-refractivity contribution is 6.33. The first kappa shape index (κ1) is 13.7. The number of halogens is 2. The van der Waals surface area contributed by atoms with E-state index in [1.165, 1.54) is 12.1 Å². The highest BCUT2D eigenvalue weighted by atomic mass is 35.5. The molecular formula is C14H9Cl2N3O2. The molecule has 2 heterocycles. The first-order valence-electron chi connectivity index (χ1n) is 6.00. The van der Waals surface area contributed by atoms with Gasteiger partial charge in [-0.2, -0.15) is 5.10 Å². The number of anilines is 1. The van der Waals surface area contributed by atoms with Crippen LogP contribution in [-0.4, -0.2) is 15.7 Å². The molecule has 3 aromatic rings. The number of nitrogens with one attached hydrogen (secondary N) is 1. The minimum atomic E-state index is -0.419. The van der Waals surface area contributed by atoms with Gasteiger partial charge in [0.15, 0.2) is 11.0 Å². The van der Waals surface area contributed by atoms with Gasteiger partial charge in [0.05, 0.1) is 10.7 Å². The summed E-state index contributed by atoms with van der Waals surface area (Å²) in [6.45, 7) is 0. The SMILES string of the molecule is O=C(Nc1cccc(Cl)c1-n1cccn1)c1ccc(Cl)o1. The molecule has 0 atom stereocenters. The fourth-order valence-electron chi connectivity index (χ4n) is 1.87. The van der Waals surface area contributed by atoms with Crippen molar-refractivity contribution < 1.29 is 9.21 Å². The van der Waals surface area contributed by atoms with Crippen molar-refractivity contribution >= 4 is 34.8 Å². The van der Waals surface area contributed by atoms with Crippen LogP contribution >= 0.6 is 23.2 Å². The van der Waals surface area contributed by atoms with Gasteiger partial charge < -0.3 is 9.73 Å². The number of rotatable bonds is 3. The van der Waals surface area contributed by atoms with Crippen molar-refractivity contribution in [3.05, 3.63) is 64.8 Å². The maximum absolute atomic E-state index is 12.1. The largest absolute Gasteiger partial charge is 0.440 e. The molecule has 7 heteroatoms. The quantitative estimate of drug-likeness (QED) is 0.792. The van der Waals surface area contributed by atoms with Gasteiger partial charge in [-0.3, -0.25) is 4.79 Å². The summed E-state index contributed by atoms with van der Waals surface area (Å²) in [5.74, 6) is -0.302. The van der Waals surface area contributed by atoms with Crippen LogP contribution in [0.25, 0.3) is 5.69 Å². The van der Waals surface area contributed by atoms with Gasteiger partial charge in [-0.1, -0.05) is 17.7 Å². The molecule has 0 bridgehead atoms. The number of benzene rings is 1. The van der Waals surface area contributed by atoms with Crippen LogP contribution in [0.1, 0.15) is 10.6 Å². The number of hydrogen-bond acceptors (Lipinski definition) is 3. The van der Waals surface area contributed by atoms with E-state index < -0.39 is 5.91 Å². The van der Waals surface area contributed by atoms with E-state index in [1.54, 1.807) is 41.3 Å². The third-order valence-corrected chi connectivity index (χ3v) is 3.27. The van der Waals surface area contributed by atoms with Crippen molar-refractivity contribution in [1.82, 2.24) is 9.78 Å². The van der Waals surface area contributed by atoms with Crippen molar-refractivity contribution in [1.29, 1.82) is 0 Å². The maximum atomic E-state index is 12.1. The fraction of sp³-hybridized carbons (Fsp3) is 0. The molecule has 1 N–H and O–H groups in total.